The predicted octanol–water partition coefficient (Wildman–Crippen LogP) is 6.89. The van der Waals surface area contributed by atoms with Crippen LogP contribution in [-0.2, 0) is 6.54 Å². The lowest BCUT2D eigenvalue weighted by molar-refractivity contribution is 0.0740. The van der Waals surface area contributed by atoms with E-state index in [9.17, 15) is 9.59 Å². The summed E-state index contributed by atoms with van der Waals surface area (Å²) in [7, 11) is 0. The Morgan fingerprint density at radius 2 is 1.47 bits per heavy atom. The van der Waals surface area contributed by atoms with Crippen LogP contribution in [0.4, 0.5) is 11.6 Å². The van der Waals surface area contributed by atoms with Crippen LogP contribution in [0.5, 0.6) is 0 Å². The van der Waals surface area contributed by atoms with Gasteiger partial charge in [0.25, 0.3) is 5.91 Å². The lowest BCUT2D eigenvalue weighted by Gasteiger charge is -2.24. The molecule has 0 bridgehead atoms. The topological polar surface area (TPSA) is 93.2 Å². The van der Waals surface area contributed by atoms with Crippen LogP contribution in [0.25, 0.3) is 11.0 Å². The molecule has 0 saturated heterocycles. The minimum Gasteiger partial charge on any atom is -0.339 e. The van der Waals surface area contributed by atoms with Crippen LogP contribution in [0, 0.1) is 11.8 Å². The average molecular weight is 522 g/mol. The summed E-state index contributed by atoms with van der Waals surface area (Å²) in [5.74, 6) is 2.04. The summed E-state index contributed by atoms with van der Waals surface area (Å²) in [4.78, 5) is 32.2. The normalized spacial score (nSPS) is 11.0. The minimum absolute atomic E-state index is 0.0859. The standard InChI is InChI=1S/C29H40N4O2.C2H7N/c1-7-27(34)22-9-12-24(13-10-22)30-29-31-25-14-11-23(19-26(25)33(29)8-2)28(35)32(17-15-20(3)4)18-16-21(5)6;1-2-3/h9-14,19-21H,7-8,15-18H2,1-6H3,(H,30,31);2-3H2,1H3. The largest absolute Gasteiger partial charge is 0.339 e. The summed E-state index contributed by atoms with van der Waals surface area (Å²) >= 11 is 0. The van der Waals surface area contributed by atoms with E-state index in [1.165, 1.54) is 0 Å². The minimum atomic E-state index is 0.0859. The van der Waals surface area contributed by atoms with E-state index in [0.717, 1.165) is 55.1 Å². The van der Waals surface area contributed by atoms with Gasteiger partial charge >= 0.3 is 0 Å². The van der Waals surface area contributed by atoms with E-state index < -0.39 is 0 Å². The van der Waals surface area contributed by atoms with Crippen molar-refractivity contribution in [3.8, 4) is 0 Å². The van der Waals surface area contributed by atoms with Crippen molar-refractivity contribution >= 4 is 34.4 Å². The summed E-state index contributed by atoms with van der Waals surface area (Å²) in [6, 6.07) is 13.3. The Morgan fingerprint density at radius 1 is 0.921 bits per heavy atom. The number of aryl methyl sites for hydroxylation is 1. The average Bonchev–Trinajstić information content (AvgIpc) is 3.24. The first-order valence-corrected chi connectivity index (χ1v) is 14.0. The van der Waals surface area contributed by atoms with E-state index >= 15 is 0 Å². The third-order valence-corrected chi connectivity index (χ3v) is 6.34. The molecule has 0 atom stereocenters. The maximum atomic E-state index is 13.5. The van der Waals surface area contributed by atoms with Gasteiger partial charge in [0, 0.05) is 42.9 Å². The van der Waals surface area contributed by atoms with Gasteiger partial charge in [-0.3, -0.25) is 9.59 Å². The number of carbonyl (C=O) groups excluding carboxylic acids is 2. The van der Waals surface area contributed by atoms with Gasteiger partial charge in [-0.1, -0.05) is 41.5 Å². The van der Waals surface area contributed by atoms with Gasteiger partial charge in [0.15, 0.2) is 5.78 Å². The Morgan fingerprint density at radius 3 is 1.97 bits per heavy atom. The summed E-state index contributed by atoms with van der Waals surface area (Å²) in [5, 5.41) is 3.38. The molecule has 3 rings (SSSR count). The van der Waals surface area contributed by atoms with Crippen LogP contribution in [0.3, 0.4) is 0 Å². The monoisotopic (exact) mass is 521 g/mol. The fourth-order valence-electron chi connectivity index (χ4n) is 4.07. The maximum Gasteiger partial charge on any atom is 0.253 e. The molecule has 0 saturated carbocycles. The second-order valence-corrected chi connectivity index (χ2v) is 10.4. The van der Waals surface area contributed by atoms with Gasteiger partial charge in [0.2, 0.25) is 5.95 Å². The Kier molecular flexibility index (Phi) is 12.5. The molecule has 1 heterocycles. The van der Waals surface area contributed by atoms with E-state index in [-0.39, 0.29) is 11.7 Å². The van der Waals surface area contributed by atoms with Crippen molar-refractivity contribution < 1.29 is 9.59 Å². The number of ketones is 1. The van der Waals surface area contributed by atoms with Crippen molar-refractivity contribution in [1.82, 2.24) is 14.5 Å². The summed E-state index contributed by atoms with van der Waals surface area (Å²) in [6.45, 7) is 17.6. The van der Waals surface area contributed by atoms with Gasteiger partial charge in [0.05, 0.1) is 11.0 Å². The first kappa shape index (κ1) is 31.0. The number of amides is 1. The quantitative estimate of drug-likeness (QED) is 0.253. The van der Waals surface area contributed by atoms with Crippen LogP contribution in [0.2, 0.25) is 0 Å². The number of benzene rings is 2. The summed E-state index contributed by atoms with van der Waals surface area (Å²) in [6.07, 6.45) is 2.48. The highest BCUT2D eigenvalue weighted by atomic mass is 16.2. The van der Waals surface area contributed by atoms with Crippen LogP contribution in [-0.4, -0.2) is 45.8 Å². The van der Waals surface area contributed by atoms with Crippen LogP contribution in [0.1, 0.15) is 88.4 Å². The fourth-order valence-corrected chi connectivity index (χ4v) is 4.07. The van der Waals surface area contributed by atoms with Gasteiger partial charge in [0.1, 0.15) is 0 Å². The van der Waals surface area contributed by atoms with Crippen LogP contribution < -0.4 is 11.1 Å². The van der Waals surface area contributed by atoms with Crippen LogP contribution in [0.15, 0.2) is 42.5 Å². The smallest absolute Gasteiger partial charge is 0.253 e. The molecule has 3 aromatic rings. The van der Waals surface area contributed by atoms with Gasteiger partial charge in [-0.25, -0.2) is 4.98 Å². The Labute approximate surface area is 228 Å². The SMILES string of the molecule is CCC(=O)c1ccc(Nc2nc3ccc(C(=O)N(CCC(C)C)CCC(C)C)cc3n2CC)cc1.CCN. The number of nitrogens with one attached hydrogen (secondary N) is 1. The highest BCUT2D eigenvalue weighted by Gasteiger charge is 2.19. The zero-order chi connectivity index (χ0) is 28.2. The van der Waals surface area contributed by atoms with E-state index in [2.05, 4.69) is 44.5 Å². The highest BCUT2D eigenvalue weighted by Crippen LogP contribution is 2.25. The third-order valence-electron chi connectivity index (χ3n) is 6.34. The van der Waals surface area contributed by atoms with Crippen molar-refractivity contribution in [3.63, 3.8) is 0 Å². The molecule has 0 aliphatic carbocycles. The molecule has 38 heavy (non-hydrogen) atoms. The first-order chi connectivity index (χ1) is 18.1. The van der Waals surface area contributed by atoms with E-state index in [1.54, 1.807) is 0 Å². The van der Waals surface area contributed by atoms with Gasteiger partial charge in [-0.2, -0.15) is 0 Å². The molecule has 0 unspecified atom stereocenters. The number of rotatable bonds is 12. The zero-order valence-corrected chi connectivity index (χ0v) is 24.4. The Bertz CT molecular complexity index is 1150. The van der Waals surface area contributed by atoms with Crippen LogP contribution >= 0.6 is 0 Å². The maximum absolute atomic E-state index is 13.5. The number of carbonyl (C=O) groups is 2. The van der Waals surface area contributed by atoms with Crippen molar-refractivity contribution in [2.75, 3.05) is 25.0 Å². The number of hydrogen-bond acceptors (Lipinski definition) is 5. The number of aromatic nitrogens is 2. The zero-order valence-electron chi connectivity index (χ0n) is 24.4. The second kappa shape index (κ2) is 15.3. The first-order valence-electron chi connectivity index (χ1n) is 14.0. The summed E-state index contributed by atoms with van der Waals surface area (Å²) in [5.41, 5.74) is 8.91. The van der Waals surface area contributed by atoms with E-state index in [0.29, 0.717) is 35.9 Å². The Hall–Kier alpha value is -3.19. The number of nitrogens with two attached hydrogens (primary N) is 1. The van der Waals surface area contributed by atoms with Crippen molar-refractivity contribution in [2.45, 2.75) is 74.3 Å². The molecule has 3 N–H and O–H groups in total. The van der Waals surface area contributed by atoms with E-state index in [1.807, 2.05) is 61.2 Å². The molecular weight excluding hydrogens is 474 g/mol. The predicted molar refractivity (Wildman–Crippen MR) is 159 cm³/mol. The second-order valence-electron chi connectivity index (χ2n) is 10.4. The molecule has 0 fully saturated rings. The molecule has 0 spiro atoms. The van der Waals surface area contributed by atoms with E-state index in [4.69, 9.17) is 10.7 Å². The molecule has 0 aliphatic heterocycles. The number of anilines is 2. The number of fused-ring (bicyclic) bond motifs is 1. The van der Waals surface area contributed by atoms with Gasteiger partial charge in [-0.15, -0.1) is 0 Å². The molecule has 208 valence electrons. The number of Topliss-reactive ketones (excluding diaryl/α,β-unsaturated/α-hetero) is 1. The van der Waals surface area contributed by atoms with Gasteiger partial charge in [-0.05, 0) is 80.6 Å². The summed E-state index contributed by atoms with van der Waals surface area (Å²) < 4.78 is 2.09. The molecule has 7 nitrogen and oxygen atoms in total. The molecular formula is C31H47N5O2. The molecule has 0 aliphatic rings. The van der Waals surface area contributed by atoms with Crippen molar-refractivity contribution in [3.05, 3.63) is 53.6 Å². The molecule has 1 amide bonds. The fraction of sp³-hybridized carbons (Fsp3) is 0.516. The van der Waals surface area contributed by atoms with Crippen molar-refractivity contribution in [2.24, 2.45) is 17.6 Å². The molecule has 0 radical (unpaired) electrons. The number of imidazole rings is 1. The Balaban J connectivity index is 0.00000161. The van der Waals surface area contributed by atoms with Crippen molar-refractivity contribution in [1.29, 1.82) is 0 Å². The lowest BCUT2D eigenvalue weighted by Crippen LogP contribution is -2.34. The molecule has 7 heteroatoms. The number of hydrogen-bond donors (Lipinski definition) is 2. The molecule has 1 aromatic heterocycles. The molecule has 2 aromatic carbocycles. The lowest BCUT2D eigenvalue weighted by atomic mass is 10.1. The highest BCUT2D eigenvalue weighted by molar-refractivity contribution is 5.98. The number of nitrogens with zero attached hydrogens (tertiary/aromatic N) is 3. The van der Waals surface area contributed by atoms with Gasteiger partial charge < -0.3 is 20.5 Å². The third kappa shape index (κ3) is 8.69.